The molecule has 0 unspecified atom stereocenters. The van der Waals surface area contributed by atoms with Crippen LogP contribution in [0.2, 0.25) is 0 Å². The van der Waals surface area contributed by atoms with E-state index in [1.165, 1.54) is 17.1 Å². The molecule has 0 aliphatic carbocycles. The molecule has 1 N–H and O–H groups in total. The molecule has 0 saturated carbocycles. The molecule has 1 aliphatic heterocycles. The highest BCUT2D eigenvalue weighted by Crippen LogP contribution is 2.16. The van der Waals surface area contributed by atoms with E-state index in [1.807, 2.05) is 30.3 Å². The molecular formula is C20H16N2O5S. The maximum atomic E-state index is 12.5. The highest BCUT2D eigenvalue weighted by molar-refractivity contribution is 7.80. The molecule has 3 rings (SSSR count). The Morgan fingerprint density at radius 3 is 2.64 bits per heavy atom. The van der Waals surface area contributed by atoms with Crippen LogP contribution in [0.4, 0.5) is 0 Å². The molecule has 0 spiro atoms. The van der Waals surface area contributed by atoms with Crippen LogP contribution in [0.3, 0.4) is 0 Å². The third-order valence-corrected chi connectivity index (χ3v) is 4.16. The first-order valence-electron chi connectivity index (χ1n) is 8.29. The van der Waals surface area contributed by atoms with Crippen molar-refractivity contribution in [2.24, 2.45) is 0 Å². The molecule has 142 valence electrons. The summed E-state index contributed by atoms with van der Waals surface area (Å²) in [5, 5.41) is 2.41. The zero-order valence-electron chi connectivity index (χ0n) is 14.7. The summed E-state index contributed by atoms with van der Waals surface area (Å²) < 4.78 is 10.8. The molecule has 1 aromatic carbocycles. The Morgan fingerprint density at radius 2 is 1.96 bits per heavy atom. The van der Waals surface area contributed by atoms with Crippen LogP contribution in [-0.2, 0) is 16.2 Å². The second-order valence-electron chi connectivity index (χ2n) is 5.81. The number of nitrogens with zero attached hydrogens (tertiary/aromatic N) is 1. The van der Waals surface area contributed by atoms with E-state index in [4.69, 9.17) is 21.4 Å². The number of nitrogens with one attached hydrogen (secondary N) is 1. The van der Waals surface area contributed by atoms with Crippen LogP contribution in [0.25, 0.3) is 6.08 Å². The summed E-state index contributed by atoms with van der Waals surface area (Å²) in [7, 11) is 0. The number of hydrogen-bond acceptors (Lipinski definition) is 6. The first-order valence-corrected chi connectivity index (χ1v) is 8.69. The lowest BCUT2D eigenvalue weighted by molar-refractivity contribution is -0.128. The van der Waals surface area contributed by atoms with Crippen LogP contribution >= 0.6 is 12.2 Å². The minimum atomic E-state index is -0.664. The maximum absolute atomic E-state index is 12.5. The smallest absolute Gasteiger partial charge is 0.266 e. The zero-order valence-corrected chi connectivity index (χ0v) is 15.5. The summed E-state index contributed by atoms with van der Waals surface area (Å²) in [6.45, 7) is 3.91. The van der Waals surface area contributed by atoms with E-state index in [9.17, 15) is 14.4 Å². The van der Waals surface area contributed by atoms with Gasteiger partial charge in [0.25, 0.3) is 11.8 Å². The molecule has 2 aromatic rings. The van der Waals surface area contributed by atoms with Gasteiger partial charge in [-0.1, -0.05) is 36.4 Å². The predicted molar refractivity (Wildman–Crippen MR) is 106 cm³/mol. The van der Waals surface area contributed by atoms with Gasteiger partial charge in [0.2, 0.25) is 11.2 Å². The van der Waals surface area contributed by atoms with E-state index in [2.05, 4.69) is 11.9 Å². The van der Waals surface area contributed by atoms with Gasteiger partial charge in [-0.15, -0.1) is 6.58 Å². The standard InChI is InChI=1S/C20H16N2O5S/c1-2-8-22-19(25)15(18(24)21-20(22)28)9-14-10-16(23)17(12-26-14)27-11-13-6-4-3-5-7-13/h2-7,9-10,12H,1,8,11H2,(H,21,24,28)/b15-9+. The zero-order chi connectivity index (χ0) is 20.1. The van der Waals surface area contributed by atoms with Gasteiger partial charge in [0, 0.05) is 12.6 Å². The third-order valence-electron chi connectivity index (χ3n) is 3.84. The fraction of sp³-hybridized carbons (Fsp3) is 0.100. The second kappa shape index (κ2) is 8.45. The number of carbonyl (C=O) groups excluding carboxylic acids is 2. The van der Waals surface area contributed by atoms with Crippen LogP contribution in [0.5, 0.6) is 5.75 Å². The quantitative estimate of drug-likeness (QED) is 0.348. The van der Waals surface area contributed by atoms with Crippen LogP contribution < -0.4 is 15.5 Å². The van der Waals surface area contributed by atoms with Gasteiger partial charge in [-0.05, 0) is 23.9 Å². The van der Waals surface area contributed by atoms with E-state index in [1.54, 1.807) is 0 Å². The minimum Gasteiger partial charge on any atom is -0.482 e. The fourth-order valence-corrected chi connectivity index (χ4v) is 2.71. The van der Waals surface area contributed by atoms with Crippen molar-refractivity contribution in [1.29, 1.82) is 0 Å². The number of carbonyl (C=O) groups is 2. The van der Waals surface area contributed by atoms with Crippen molar-refractivity contribution in [1.82, 2.24) is 10.2 Å². The Kier molecular flexibility index (Phi) is 5.81. The Morgan fingerprint density at radius 1 is 1.21 bits per heavy atom. The normalized spacial score (nSPS) is 15.5. The summed E-state index contributed by atoms with van der Waals surface area (Å²) in [5.41, 5.74) is 0.267. The summed E-state index contributed by atoms with van der Waals surface area (Å²) in [6.07, 6.45) is 3.82. The highest BCUT2D eigenvalue weighted by Gasteiger charge is 2.32. The Hall–Kier alpha value is -3.52. The lowest BCUT2D eigenvalue weighted by Gasteiger charge is -2.27. The molecule has 0 atom stereocenters. The summed E-state index contributed by atoms with van der Waals surface area (Å²) in [6, 6.07) is 10.5. The van der Waals surface area contributed by atoms with Crippen molar-refractivity contribution >= 4 is 35.2 Å². The SMILES string of the molecule is C=CCN1C(=O)/C(=C/c2cc(=O)c(OCc3ccccc3)co2)C(=O)NC1=S. The molecule has 2 amide bonds. The monoisotopic (exact) mass is 396 g/mol. The van der Waals surface area contributed by atoms with E-state index in [0.29, 0.717) is 0 Å². The minimum absolute atomic E-state index is 0.00170. The molecule has 28 heavy (non-hydrogen) atoms. The second-order valence-corrected chi connectivity index (χ2v) is 6.19. The molecular weight excluding hydrogens is 380 g/mol. The average Bonchev–Trinajstić information content (AvgIpc) is 2.68. The van der Waals surface area contributed by atoms with Crippen molar-refractivity contribution in [3.05, 3.63) is 82.4 Å². The van der Waals surface area contributed by atoms with Gasteiger partial charge in [-0.3, -0.25) is 24.6 Å². The van der Waals surface area contributed by atoms with Crippen molar-refractivity contribution in [3.8, 4) is 5.75 Å². The molecule has 1 saturated heterocycles. The predicted octanol–water partition coefficient (Wildman–Crippen LogP) is 2.03. The van der Waals surface area contributed by atoms with E-state index in [0.717, 1.165) is 17.9 Å². The number of thiocarbonyl (C=S) groups is 1. The number of amides is 2. The summed E-state index contributed by atoms with van der Waals surface area (Å²) >= 11 is 4.98. The molecule has 1 aliphatic rings. The van der Waals surface area contributed by atoms with E-state index >= 15 is 0 Å². The van der Waals surface area contributed by atoms with Crippen molar-refractivity contribution < 1.29 is 18.7 Å². The fourth-order valence-electron chi connectivity index (χ4n) is 2.46. The first kappa shape index (κ1) is 19.2. The number of rotatable bonds is 6. The largest absolute Gasteiger partial charge is 0.482 e. The van der Waals surface area contributed by atoms with Crippen LogP contribution in [0.1, 0.15) is 11.3 Å². The van der Waals surface area contributed by atoms with Gasteiger partial charge < -0.3 is 9.15 Å². The van der Waals surface area contributed by atoms with Crippen molar-refractivity contribution in [2.75, 3.05) is 6.54 Å². The molecule has 2 heterocycles. The summed E-state index contributed by atoms with van der Waals surface area (Å²) in [4.78, 5) is 38.0. The molecule has 0 radical (unpaired) electrons. The van der Waals surface area contributed by atoms with Crippen LogP contribution in [0.15, 0.2) is 70.1 Å². The Bertz CT molecular complexity index is 1030. The topological polar surface area (TPSA) is 88.8 Å². The molecule has 1 aromatic heterocycles. The van der Waals surface area contributed by atoms with E-state index < -0.39 is 17.2 Å². The average molecular weight is 396 g/mol. The number of benzene rings is 1. The van der Waals surface area contributed by atoms with Crippen LogP contribution in [-0.4, -0.2) is 28.4 Å². The number of hydrogen-bond donors (Lipinski definition) is 1. The molecule has 8 heteroatoms. The number of ether oxygens (including phenoxy) is 1. The van der Waals surface area contributed by atoms with E-state index in [-0.39, 0.29) is 35.3 Å². The van der Waals surface area contributed by atoms with Crippen molar-refractivity contribution in [3.63, 3.8) is 0 Å². The van der Waals surface area contributed by atoms with Crippen LogP contribution in [0, 0.1) is 0 Å². The summed E-state index contributed by atoms with van der Waals surface area (Å²) in [5.74, 6) is -1.19. The maximum Gasteiger partial charge on any atom is 0.266 e. The van der Waals surface area contributed by atoms with Gasteiger partial charge >= 0.3 is 0 Å². The molecule has 1 fully saturated rings. The lowest BCUT2D eigenvalue weighted by Crippen LogP contribution is -2.53. The van der Waals surface area contributed by atoms with Gasteiger partial charge in [0.15, 0.2) is 5.11 Å². The third kappa shape index (κ3) is 4.24. The van der Waals surface area contributed by atoms with Gasteiger partial charge in [-0.2, -0.15) is 0 Å². The Labute approximate surface area is 165 Å². The van der Waals surface area contributed by atoms with Gasteiger partial charge in [0.05, 0.1) is 0 Å². The lowest BCUT2D eigenvalue weighted by atomic mass is 10.1. The highest BCUT2D eigenvalue weighted by atomic mass is 32.1. The first-order chi connectivity index (χ1) is 13.5. The van der Waals surface area contributed by atoms with Crippen molar-refractivity contribution in [2.45, 2.75) is 6.61 Å². The molecule has 7 nitrogen and oxygen atoms in total. The van der Waals surface area contributed by atoms with Gasteiger partial charge in [0.1, 0.15) is 24.2 Å². The van der Waals surface area contributed by atoms with Gasteiger partial charge in [-0.25, -0.2) is 0 Å². The molecule has 0 bridgehead atoms. The Balaban J connectivity index is 1.80.